The zero-order valence-electron chi connectivity index (χ0n) is 7.94. The Morgan fingerprint density at radius 3 is 2.69 bits per heavy atom. The highest BCUT2D eigenvalue weighted by atomic mass is 16.6. The summed E-state index contributed by atoms with van der Waals surface area (Å²) in [6.45, 7) is 0. The molecule has 0 aliphatic rings. The van der Waals surface area contributed by atoms with Crippen LogP contribution in [0.5, 0.6) is 0 Å². The molecule has 9 heteroatoms. The molecule has 16 heavy (non-hydrogen) atoms. The van der Waals surface area contributed by atoms with Crippen LogP contribution in [0.1, 0.15) is 0 Å². The average Bonchev–Trinajstić information content (AvgIpc) is 2.64. The fraction of sp³-hybridized carbons (Fsp3) is 0. The number of aromatic nitrogens is 4. The molecule has 0 saturated heterocycles. The van der Waals surface area contributed by atoms with Gasteiger partial charge in [0.1, 0.15) is 18.2 Å². The van der Waals surface area contributed by atoms with Crippen LogP contribution in [0.15, 0.2) is 18.5 Å². The third-order valence-corrected chi connectivity index (χ3v) is 1.76. The molecule has 0 radical (unpaired) electrons. The van der Waals surface area contributed by atoms with E-state index in [1.165, 1.54) is 16.9 Å². The van der Waals surface area contributed by atoms with Crippen LogP contribution >= 0.6 is 0 Å². The second-order valence-electron chi connectivity index (χ2n) is 2.91. The molecule has 2 aromatic heterocycles. The Kier molecular flexibility index (Phi) is 2.12. The van der Waals surface area contributed by atoms with Crippen molar-refractivity contribution in [2.45, 2.75) is 0 Å². The minimum atomic E-state index is -0.558. The van der Waals surface area contributed by atoms with Gasteiger partial charge in [0.25, 0.3) is 0 Å². The number of anilines is 2. The summed E-state index contributed by atoms with van der Waals surface area (Å²) in [5.41, 5.74) is 10.7. The van der Waals surface area contributed by atoms with Crippen molar-refractivity contribution >= 4 is 17.5 Å². The van der Waals surface area contributed by atoms with E-state index in [0.717, 1.165) is 6.20 Å². The van der Waals surface area contributed by atoms with E-state index in [0.29, 0.717) is 0 Å². The normalized spacial score (nSPS) is 10.2. The van der Waals surface area contributed by atoms with Gasteiger partial charge in [0, 0.05) is 6.07 Å². The number of nitrogen functional groups attached to an aromatic ring is 2. The van der Waals surface area contributed by atoms with E-state index in [-0.39, 0.29) is 23.3 Å². The molecule has 0 fully saturated rings. The first-order valence-corrected chi connectivity index (χ1v) is 4.16. The summed E-state index contributed by atoms with van der Waals surface area (Å²) < 4.78 is 1.20. The van der Waals surface area contributed by atoms with Gasteiger partial charge in [-0.2, -0.15) is 15.1 Å². The predicted molar refractivity (Wildman–Crippen MR) is 54.6 cm³/mol. The van der Waals surface area contributed by atoms with E-state index >= 15 is 0 Å². The molecular weight excluding hydrogens is 214 g/mol. The molecule has 82 valence electrons. The van der Waals surface area contributed by atoms with Gasteiger partial charge in [-0.05, 0) is 0 Å². The highest BCUT2D eigenvalue weighted by Gasteiger charge is 2.11. The molecule has 2 aromatic rings. The smallest absolute Gasteiger partial charge is 0.307 e. The van der Waals surface area contributed by atoms with Crippen molar-refractivity contribution in [1.82, 2.24) is 19.7 Å². The Morgan fingerprint density at radius 1 is 1.38 bits per heavy atom. The second-order valence-corrected chi connectivity index (χ2v) is 2.91. The monoisotopic (exact) mass is 221 g/mol. The van der Waals surface area contributed by atoms with Gasteiger partial charge in [0.15, 0.2) is 5.82 Å². The third kappa shape index (κ3) is 1.73. The summed E-state index contributed by atoms with van der Waals surface area (Å²) in [4.78, 5) is 17.4. The van der Waals surface area contributed by atoms with Crippen molar-refractivity contribution in [3.63, 3.8) is 0 Å². The van der Waals surface area contributed by atoms with Gasteiger partial charge in [-0.15, -0.1) is 0 Å². The maximum atomic E-state index is 10.4. The summed E-state index contributed by atoms with van der Waals surface area (Å²) in [7, 11) is 0. The van der Waals surface area contributed by atoms with Crippen LogP contribution in [0.25, 0.3) is 5.82 Å². The van der Waals surface area contributed by atoms with Crippen LogP contribution in [-0.4, -0.2) is 24.7 Å². The molecule has 4 N–H and O–H groups in total. The standard InChI is InChI=1S/C7H7N7O2/c8-5-1-6(12-7(9)11-5)13-3-4(2-10-13)14(15)16/h1-3H,(H4,8,9,11,12). The fourth-order valence-electron chi connectivity index (χ4n) is 1.12. The van der Waals surface area contributed by atoms with E-state index in [1.807, 2.05) is 0 Å². The minimum Gasteiger partial charge on any atom is -0.383 e. The number of hydrogen-bond acceptors (Lipinski definition) is 7. The number of nitrogens with zero attached hydrogens (tertiary/aromatic N) is 5. The lowest BCUT2D eigenvalue weighted by molar-refractivity contribution is -0.384. The van der Waals surface area contributed by atoms with E-state index in [9.17, 15) is 10.1 Å². The number of nitrogens with two attached hydrogens (primary N) is 2. The van der Waals surface area contributed by atoms with Crippen molar-refractivity contribution in [1.29, 1.82) is 0 Å². The first-order chi connectivity index (χ1) is 7.56. The lowest BCUT2D eigenvalue weighted by atomic mass is 10.5. The van der Waals surface area contributed by atoms with Crippen molar-refractivity contribution in [3.05, 3.63) is 28.6 Å². The first kappa shape index (κ1) is 9.83. The largest absolute Gasteiger partial charge is 0.383 e. The van der Waals surface area contributed by atoms with Gasteiger partial charge in [-0.25, -0.2) is 4.68 Å². The first-order valence-electron chi connectivity index (χ1n) is 4.16. The molecule has 0 spiro atoms. The second kappa shape index (κ2) is 3.46. The number of rotatable bonds is 2. The van der Waals surface area contributed by atoms with Crippen LogP contribution < -0.4 is 11.5 Å². The van der Waals surface area contributed by atoms with Crippen molar-refractivity contribution in [2.75, 3.05) is 11.5 Å². The molecule has 0 aliphatic heterocycles. The van der Waals surface area contributed by atoms with Gasteiger partial charge >= 0.3 is 5.69 Å². The van der Waals surface area contributed by atoms with E-state index in [4.69, 9.17) is 11.5 Å². The Morgan fingerprint density at radius 2 is 2.12 bits per heavy atom. The summed E-state index contributed by atoms with van der Waals surface area (Å²) in [6.07, 6.45) is 2.32. The zero-order valence-corrected chi connectivity index (χ0v) is 7.94. The third-order valence-electron chi connectivity index (χ3n) is 1.76. The summed E-state index contributed by atoms with van der Waals surface area (Å²) >= 11 is 0. The molecule has 0 amide bonds. The topological polar surface area (TPSA) is 139 Å². The van der Waals surface area contributed by atoms with Gasteiger partial charge in [0.05, 0.1) is 4.92 Å². The Hall–Kier alpha value is -2.71. The van der Waals surface area contributed by atoms with Crippen LogP contribution in [0.2, 0.25) is 0 Å². The minimum absolute atomic E-state index is 0.0202. The van der Waals surface area contributed by atoms with Crippen molar-refractivity contribution in [2.24, 2.45) is 0 Å². The molecule has 0 aliphatic carbocycles. The van der Waals surface area contributed by atoms with Crippen LogP contribution in [-0.2, 0) is 0 Å². The molecule has 0 saturated carbocycles. The highest BCUT2D eigenvalue weighted by Crippen LogP contribution is 2.13. The summed E-state index contributed by atoms with van der Waals surface area (Å²) in [6, 6.07) is 1.41. The molecule has 0 atom stereocenters. The van der Waals surface area contributed by atoms with Gasteiger partial charge in [0.2, 0.25) is 5.95 Å². The number of nitro groups is 1. The van der Waals surface area contributed by atoms with Crippen molar-refractivity contribution in [3.8, 4) is 5.82 Å². The van der Waals surface area contributed by atoms with Gasteiger partial charge < -0.3 is 11.5 Å². The molecule has 0 unspecified atom stereocenters. The molecule has 9 nitrogen and oxygen atoms in total. The fourth-order valence-corrected chi connectivity index (χ4v) is 1.12. The lowest BCUT2D eigenvalue weighted by Gasteiger charge is -2.01. The Balaban J connectivity index is 2.46. The van der Waals surface area contributed by atoms with E-state index in [2.05, 4.69) is 15.1 Å². The van der Waals surface area contributed by atoms with Gasteiger partial charge in [-0.3, -0.25) is 10.1 Å². The molecular formula is C7H7N7O2. The van der Waals surface area contributed by atoms with E-state index < -0.39 is 4.92 Å². The quantitative estimate of drug-likeness (QED) is 0.525. The molecule has 0 aromatic carbocycles. The van der Waals surface area contributed by atoms with E-state index in [1.54, 1.807) is 0 Å². The zero-order chi connectivity index (χ0) is 11.7. The van der Waals surface area contributed by atoms with Crippen LogP contribution in [0.3, 0.4) is 0 Å². The SMILES string of the molecule is Nc1cc(-n2cc([N+](=O)[O-])cn2)nc(N)n1. The summed E-state index contributed by atoms with van der Waals surface area (Å²) in [5, 5.41) is 14.2. The maximum absolute atomic E-state index is 10.4. The molecule has 0 bridgehead atoms. The van der Waals surface area contributed by atoms with Crippen LogP contribution in [0.4, 0.5) is 17.5 Å². The lowest BCUT2D eigenvalue weighted by Crippen LogP contribution is -2.05. The molecule has 2 heterocycles. The number of hydrogen-bond donors (Lipinski definition) is 2. The molecule has 2 rings (SSSR count). The summed E-state index contributed by atoms with van der Waals surface area (Å²) in [5.74, 6) is 0.423. The highest BCUT2D eigenvalue weighted by molar-refractivity contribution is 5.42. The Labute approximate surface area is 88.9 Å². The predicted octanol–water partition coefficient (Wildman–Crippen LogP) is -0.265. The average molecular weight is 221 g/mol. The van der Waals surface area contributed by atoms with Gasteiger partial charge in [-0.1, -0.05) is 0 Å². The van der Waals surface area contributed by atoms with Crippen molar-refractivity contribution < 1.29 is 4.92 Å². The van der Waals surface area contributed by atoms with Crippen LogP contribution in [0, 0.1) is 10.1 Å². The maximum Gasteiger partial charge on any atom is 0.307 e. The Bertz CT molecular complexity index is 529.